The third-order valence-corrected chi connectivity index (χ3v) is 1.97. The van der Waals surface area contributed by atoms with E-state index in [9.17, 15) is 0 Å². The van der Waals surface area contributed by atoms with E-state index in [2.05, 4.69) is 4.98 Å². The highest BCUT2D eigenvalue weighted by molar-refractivity contribution is 7.99. The van der Waals surface area contributed by atoms with Crippen LogP contribution < -0.4 is 0 Å². The standard InChI is InChI=1S/C6H7N3S/c1-9-4-3-8-6(9)10-5-2-7/h3-4H,5H2,1H3. The van der Waals surface area contributed by atoms with E-state index in [4.69, 9.17) is 5.26 Å². The number of thioether (sulfide) groups is 1. The summed E-state index contributed by atoms with van der Waals surface area (Å²) in [5.74, 6) is 0.463. The summed E-state index contributed by atoms with van der Waals surface area (Å²) in [6.07, 6.45) is 3.58. The van der Waals surface area contributed by atoms with Gasteiger partial charge in [-0.3, -0.25) is 0 Å². The van der Waals surface area contributed by atoms with E-state index < -0.39 is 0 Å². The maximum atomic E-state index is 8.25. The number of nitriles is 1. The van der Waals surface area contributed by atoms with Crippen LogP contribution in [0.5, 0.6) is 0 Å². The van der Waals surface area contributed by atoms with E-state index in [1.165, 1.54) is 11.8 Å². The topological polar surface area (TPSA) is 41.6 Å². The molecule has 0 N–H and O–H groups in total. The van der Waals surface area contributed by atoms with Gasteiger partial charge in [0.05, 0.1) is 11.8 Å². The van der Waals surface area contributed by atoms with Gasteiger partial charge in [-0.05, 0) is 0 Å². The van der Waals surface area contributed by atoms with Gasteiger partial charge in [0.15, 0.2) is 5.16 Å². The van der Waals surface area contributed by atoms with Gasteiger partial charge in [0, 0.05) is 19.4 Å². The summed E-state index contributed by atoms with van der Waals surface area (Å²) in [4.78, 5) is 4.03. The third kappa shape index (κ3) is 1.52. The maximum absolute atomic E-state index is 8.25. The van der Waals surface area contributed by atoms with Crippen molar-refractivity contribution in [2.75, 3.05) is 5.75 Å². The van der Waals surface area contributed by atoms with Crippen LogP contribution in [0.25, 0.3) is 0 Å². The van der Waals surface area contributed by atoms with Crippen LogP contribution in [0.15, 0.2) is 17.6 Å². The minimum atomic E-state index is 0.463. The first-order valence-electron chi connectivity index (χ1n) is 2.81. The van der Waals surface area contributed by atoms with Crippen molar-refractivity contribution < 1.29 is 0 Å². The van der Waals surface area contributed by atoms with E-state index in [1.54, 1.807) is 6.20 Å². The summed E-state index contributed by atoms with van der Waals surface area (Å²) < 4.78 is 1.89. The Morgan fingerprint density at radius 2 is 2.70 bits per heavy atom. The van der Waals surface area contributed by atoms with Crippen molar-refractivity contribution >= 4 is 11.8 Å². The molecule has 0 saturated heterocycles. The minimum absolute atomic E-state index is 0.463. The Morgan fingerprint density at radius 1 is 1.90 bits per heavy atom. The van der Waals surface area contributed by atoms with E-state index >= 15 is 0 Å². The molecular weight excluding hydrogens is 146 g/mol. The average Bonchev–Trinajstić information content (AvgIpc) is 2.31. The number of imidazole rings is 1. The Balaban J connectivity index is 2.59. The first-order valence-corrected chi connectivity index (χ1v) is 3.80. The summed E-state index contributed by atoms with van der Waals surface area (Å²) in [6.45, 7) is 0. The fourth-order valence-electron chi connectivity index (χ4n) is 0.588. The molecule has 0 amide bonds. The lowest BCUT2D eigenvalue weighted by Gasteiger charge is -1.94. The molecule has 0 aliphatic carbocycles. The van der Waals surface area contributed by atoms with Gasteiger partial charge in [-0.2, -0.15) is 5.26 Å². The smallest absolute Gasteiger partial charge is 0.168 e. The van der Waals surface area contributed by atoms with Crippen molar-refractivity contribution in [2.24, 2.45) is 7.05 Å². The maximum Gasteiger partial charge on any atom is 0.168 e. The first kappa shape index (κ1) is 7.16. The Hall–Kier alpha value is -0.950. The van der Waals surface area contributed by atoms with E-state index in [0.29, 0.717) is 5.75 Å². The molecule has 0 unspecified atom stereocenters. The number of aromatic nitrogens is 2. The quantitative estimate of drug-likeness (QED) is 0.596. The average molecular weight is 153 g/mol. The molecule has 0 fully saturated rings. The Kier molecular flexibility index (Phi) is 2.35. The third-order valence-electron chi connectivity index (χ3n) is 1.04. The van der Waals surface area contributed by atoms with E-state index in [0.717, 1.165) is 5.16 Å². The van der Waals surface area contributed by atoms with Gasteiger partial charge < -0.3 is 4.57 Å². The Labute approximate surface area is 63.7 Å². The van der Waals surface area contributed by atoms with Crippen LogP contribution in [0, 0.1) is 11.3 Å². The van der Waals surface area contributed by atoms with Crippen molar-refractivity contribution in [3.8, 4) is 6.07 Å². The molecular formula is C6H7N3S. The molecule has 0 spiro atoms. The van der Waals surface area contributed by atoms with Gasteiger partial charge in [-0.25, -0.2) is 4.98 Å². The molecule has 0 saturated carbocycles. The highest BCUT2D eigenvalue weighted by atomic mass is 32.2. The van der Waals surface area contributed by atoms with E-state index in [1.807, 2.05) is 23.9 Å². The SMILES string of the molecule is Cn1ccnc1SCC#N. The van der Waals surface area contributed by atoms with Crippen LogP contribution in [-0.2, 0) is 7.05 Å². The van der Waals surface area contributed by atoms with Crippen molar-refractivity contribution in [1.29, 1.82) is 5.26 Å². The molecule has 1 heterocycles. The second kappa shape index (κ2) is 3.28. The number of rotatable bonds is 2. The molecule has 52 valence electrons. The molecule has 0 aromatic carbocycles. The van der Waals surface area contributed by atoms with Crippen LogP contribution >= 0.6 is 11.8 Å². The number of hydrogen-bond acceptors (Lipinski definition) is 3. The lowest BCUT2D eigenvalue weighted by molar-refractivity contribution is 0.791. The van der Waals surface area contributed by atoms with Crippen LogP contribution in [0.4, 0.5) is 0 Å². The monoisotopic (exact) mass is 153 g/mol. The Morgan fingerprint density at radius 3 is 3.20 bits per heavy atom. The van der Waals surface area contributed by atoms with Gasteiger partial charge >= 0.3 is 0 Å². The van der Waals surface area contributed by atoms with Crippen LogP contribution in [0.2, 0.25) is 0 Å². The van der Waals surface area contributed by atoms with Crippen molar-refractivity contribution in [3.05, 3.63) is 12.4 Å². The Bertz CT molecular complexity index is 248. The highest BCUT2D eigenvalue weighted by Gasteiger charge is 1.96. The molecule has 0 aliphatic heterocycles. The van der Waals surface area contributed by atoms with Gasteiger partial charge in [-0.15, -0.1) is 0 Å². The molecule has 1 aromatic rings. The first-order chi connectivity index (χ1) is 4.84. The van der Waals surface area contributed by atoms with Crippen molar-refractivity contribution in [3.63, 3.8) is 0 Å². The molecule has 0 aliphatic rings. The largest absolute Gasteiger partial charge is 0.329 e. The van der Waals surface area contributed by atoms with Crippen molar-refractivity contribution in [1.82, 2.24) is 9.55 Å². The van der Waals surface area contributed by atoms with Crippen LogP contribution in [-0.4, -0.2) is 15.3 Å². The van der Waals surface area contributed by atoms with E-state index in [-0.39, 0.29) is 0 Å². The van der Waals surface area contributed by atoms with Crippen LogP contribution in [0.1, 0.15) is 0 Å². The molecule has 10 heavy (non-hydrogen) atoms. The fraction of sp³-hybridized carbons (Fsp3) is 0.333. The molecule has 3 nitrogen and oxygen atoms in total. The number of nitrogens with zero attached hydrogens (tertiary/aromatic N) is 3. The second-order valence-corrected chi connectivity index (χ2v) is 2.71. The minimum Gasteiger partial charge on any atom is -0.329 e. The number of hydrogen-bond donors (Lipinski definition) is 0. The zero-order valence-corrected chi connectivity index (χ0v) is 6.43. The summed E-state index contributed by atoms with van der Waals surface area (Å²) in [5.41, 5.74) is 0. The summed E-state index contributed by atoms with van der Waals surface area (Å²) in [6, 6.07) is 2.04. The molecule has 0 radical (unpaired) electrons. The predicted molar refractivity (Wildman–Crippen MR) is 39.5 cm³/mol. The summed E-state index contributed by atoms with van der Waals surface area (Å²) >= 11 is 1.44. The van der Waals surface area contributed by atoms with Crippen molar-refractivity contribution in [2.45, 2.75) is 5.16 Å². The predicted octanol–water partition coefficient (Wildman–Crippen LogP) is 1.04. The molecule has 1 aromatic heterocycles. The fourth-order valence-corrected chi connectivity index (χ4v) is 1.18. The highest BCUT2D eigenvalue weighted by Crippen LogP contribution is 2.12. The molecule has 1 rings (SSSR count). The zero-order valence-electron chi connectivity index (χ0n) is 5.61. The molecule has 0 bridgehead atoms. The second-order valence-electron chi connectivity index (χ2n) is 1.77. The molecule has 0 atom stereocenters. The normalized spacial score (nSPS) is 9.20. The lowest BCUT2D eigenvalue weighted by Crippen LogP contribution is -1.88. The van der Waals surface area contributed by atoms with Gasteiger partial charge in [0.25, 0.3) is 0 Å². The molecule has 4 heteroatoms. The van der Waals surface area contributed by atoms with Gasteiger partial charge in [0.2, 0.25) is 0 Å². The van der Waals surface area contributed by atoms with Crippen LogP contribution in [0.3, 0.4) is 0 Å². The van der Waals surface area contributed by atoms with Gasteiger partial charge in [-0.1, -0.05) is 11.8 Å². The summed E-state index contributed by atoms with van der Waals surface area (Å²) in [5, 5.41) is 9.14. The van der Waals surface area contributed by atoms with Gasteiger partial charge in [0.1, 0.15) is 0 Å². The number of aryl methyl sites for hydroxylation is 1. The summed E-state index contributed by atoms with van der Waals surface area (Å²) in [7, 11) is 1.91. The zero-order chi connectivity index (χ0) is 7.40. The lowest BCUT2D eigenvalue weighted by atomic mass is 10.9.